The summed E-state index contributed by atoms with van der Waals surface area (Å²) in [5, 5.41) is 33.3. The van der Waals surface area contributed by atoms with Crippen molar-refractivity contribution in [1.82, 2.24) is 0 Å². The van der Waals surface area contributed by atoms with E-state index in [0.29, 0.717) is 19.3 Å². The summed E-state index contributed by atoms with van der Waals surface area (Å²) in [5.41, 5.74) is 0. The van der Waals surface area contributed by atoms with Crippen molar-refractivity contribution < 1.29 is 56.5 Å². The monoisotopic (exact) mass is 709 g/mol. The Morgan fingerprint density at radius 1 is 0.362 bits per heavy atom. The molecule has 0 amide bonds. The van der Waals surface area contributed by atoms with Crippen molar-refractivity contribution in [3.05, 3.63) is 0 Å². The Kier molecular flexibility index (Phi) is 61.3. The molecule has 0 saturated heterocycles. The third-order valence-electron chi connectivity index (χ3n) is 7.48. The molecule has 282 valence electrons. The molecule has 0 aromatic carbocycles. The standard InChI is InChI=1S/3C12H24O2.C3H8O.Ti/c3*1-2-3-4-5-6-7-8-9-10-11-12(13)14;1-3(2)4;/h3*2-11H2,1H3,(H,13,14);3-4H,1-2H3;. The molecule has 0 bridgehead atoms. The van der Waals surface area contributed by atoms with E-state index < -0.39 is 17.9 Å². The Hall–Kier alpha value is -0.916. The molecule has 0 rings (SSSR count). The second-order valence-electron chi connectivity index (χ2n) is 13.0. The van der Waals surface area contributed by atoms with Crippen molar-refractivity contribution in [1.29, 1.82) is 0 Å². The predicted octanol–water partition coefficient (Wildman–Crippen LogP) is 12.4. The number of unbranched alkanes of at least 4 members (excludes halogenated alkanes) is 24. The number of rotatable bonds is 30. The van der Waals surface area contributed by atoms with E-state index in [0.717, 1.165) is 38.5 Å². The molecular weight excluding hydrogens is 628 g/mol. The first-order valence-corrected chi connectivity index (χ1v) is 19.4. The van der Waals surface area contributed by atoms with Gasteiger partial charge in [-0.05, 0) is 33.1 Å². The van der Waals surface area contributed by atoms with Crippen molar-refractivity contribution in [3.8, 4) is 0 Å². The topological polar surface area (TPSA) is 132 Å². The van der Waals surface area contributed by atoms with Crippen LogP contribution in [-0.4, -0.2) is 44.4 Å². The molecule has 0 aliphatic rings. The van der Waals surface area contributed by atoms with Crippen molar-refractivity contribution in [2.45, 2.75) is 233 Å². The van der Waals surface area contributed by atoms with Gasteiger partial charge in [0.25, 0.3) is 0 Å². The molecule has 0 radical (unpaired) electrons. The molecular formula is C39H80O7Ti. The summed E-state index contributed by atoms with van der Waals surface area (Å²) in [4.78, 5) is 30.6. The molecule has 0 unspecified atom stereocenters. The number of hydrogen-bond acceptors (Lipinski definition) is 4. The van der Waals surface area contributed by atoms with Crippen LogP contribution in [0.15, 0.2) is 0 Å². The molecule has 0 aromatic rings. The van der Waals surface area contributed by atoms with Crippen molar-refractivity contribution in [3.63, 3.8) is 0 Å². The van der Waals surface area contributed by atoms with Crippen LogP contribution in [0.1, 0.15) is 227 Å². The van der Waals surface area contributed by atoms with Crippen LogP contribution in [0.5, 0.6) is 0 Å². The van der Waals surface area contributed by atoms with E-state index in [1.165, 1.54) is 135 Å². The molecule has 0 heterocycles. The third-order valence-corrected chi connectivity index (χ3v) is 7.48. The maximum absolute atomic E-state index is 10.2. The quantitative estimate of drug-likeness (QED) is 0.0431. The van der Waals surface area contributed by atoms with Gasteiger partial charge in [0.05, 0.1) is 0 Å². The van der Waals surface area contributed by atoms with Crippen LogP contribution in [0.2, 0.25) is 0 Å². The summed E-state index contributed by atoms with van der Waals surface area (Å²) < 4.78 is 0. The van der Waals surface area contributed by atoms with Gasteiger partial charge in [0, 0.05) is 47.1 Å². The predicted molar refractivity (Wildman–Crippen MR) is 196 cm³/mol. The molecule has 0 aliphatic heterocycles. The van der Waals surface area contributed by atoms with E-state index in [-0.39, 0.29) is 27.8 Å². The minimum Gasteiger partial charge on any atom is -0.481 e. The van der Waals surface area contributed by atoms with Crippen molar-refractivity contribution >= 4 is 17.9 Å². The van der Waals surface area contributed by atoms with Gasteiger partial charge in [0.1, 0.15) is 0 Å². The Balaban J connectivity index is -0.000000175. The van der Waals surface area contributed by atoms with Gasteiger partial charge in [-0.25, -0.2) is 0 Å². The van der Waals surface area contributed by atoms with E-state index in [2.05, 4.69) is 20.8 Å². The molecule has 0 aliphatic carbocycles. The fraction of sp³-hybridized carbons (Fsp3) is 0.923. The average molecular weight is 709 g/mol. The summed E-state index contributed by atoms with van der Waals surface area (Å²) in [6.45, 7) is 10.1. The van der Waals surface area contributed by atoms with Crippen LogP contribution < -0.4 is 0 Å². The zero-order valence-electron chi connectivity index (χ0n) is 31.8. The number of carbonyl (C=O) groups is 3. The van der Waals surface area contributed by atoms with E-state index >= 15 is 0 Å². The molecule has 8 heteroatoms. The third kappa shape index (κ3) is 81.3. The van der Waals surface area contributed by atoms with Crippen molar-refractivity contribution in [2.75, 3.05) is 0 Å². The SMILES string of the molecule is CC(C)O.CCCCCCCCCCCC(=O)O.CCCCCCCCCCCC(=O)O.CCCCCCCCCCCC(=O)O.[Ti]. The smallest absolute Gasteiger partial charge is 0.303 e. The summed E-state index contributed by atoms with van der Waals surface area (Å²) in [5.74, 6) is -1.98. The Morgan fingerprint density at radius 2 is 0.489 bits per heavy atom. The molecule has 4 N–H and O–H groups in total. The molecule has 0 spiro atoms. The second-order valence-corrected chi connectivity index (χ2v) is 13.0. The van der Waals surface area contributed by atoms with Crippen LogP contribution in [0.25, 0.3) is 0 Å². The van der Waals surface area contributed by atoms with E-state index in [4.69, 9.17) is 20.4 Å². The number of aliphatic carboxylic acids is 3. The Morgan fingerprint density at radius 3 is 0.617 bits per heavy atom. The normalized spacial score (nSPS) is 10.0. The van der Waals surface area contributed by atoms with Gasteiger partial charge < -0.3 is 20.4 Å². The first-order chi connectivity index (χ1) is 22.0. The van der Waals surface area contributed by atoms with Gasteiger partial charge in [0.2, 0.25) is 0 Å². The van der Waals surface area contributed by atoms with Gasteiger partial charge in [-0.1, -0.05) is 175 Å². The zero-order chi connectivity index (χ0) is 35.5. The molecule has 47 heavy (non-hydrogen) atoms. The van der Waals surface area contributed by atoms with Crippen LogP contribution in [0.3, 0.4) is 0 Å². The van der Waals surface area contributed by atoms with Crippen LogP contribution in [0, 0.1) is 0 Å². The first kappa shape index (κ1) is 55.5. The molecule has 0 aromatic heterocycles. The number of carboxylic acids is 3. The van der Waals surface area contributed by atoms with Gasteiger partial charge in [-0.3, -0.25) is 14.4 Å². The summed E-state index contributed by atoms with van der Waals surface area (Å²) in [6.07, 6.45) is 34.3. The van der Waals surface area contributed by atoms with E-state index in [1.807, 2.05) is 0 Å². The summed E-state index contributed by atoms with van der Waals surface area (Å²) in [7, 11) is 0. The fourth-order valence-corrected chi connectivity index (χ4v) is 4.76. The summed E-state index contributed by atoms with van der Waals surface area (Å²) >= 11 is 0. The van der Waals surface area contributed by atoms with Gasteiger partial charge in [-0.15, -0.1) is 0 Å². The number of hydrogen-bond donors (Lipinski definition) is 4. The van der Waals surface area contributed by atoms with E-state index in [1.54, 1.807) is 13.8 Å². The maximum Gasteiger partial charge on any atom is 0.303 e. The average Bonchev–Trinajstić information content (AvgIpc) is 2.98. The van der Waals surface area contributed by atoms with E-state index in [9.17, 15) is 14.4 Å². The molecule has 0 saturated carbocycles. The Bertz CT molecular complexity index is 521. The zero-order valence-corrected chi connectivity index (χ0v) is 33.4. The molecule has 0 atom stereocenters. The van der Waals surface area contributed by atoms with Crippen LogP contribution in [0.4, 0.5) is 0 Å². The first-order valence-electron chi connectivity index (χ1n) is 19.4. The number of carboxylic acid groups (broad SMARTS) is 3. The van der Waals surface area contributed by atoms with Crippen molar-refractivity contribution in [2.24, 2.45) is 0 Å². The largest absolute Gasteiger partial charge is 0.481 e. The molecule has 7 nitrogen and oxygen atoms in total. The minimum absolute atomic E-state index is 0. The number of aliphatic hydroxyl groups is 1. The van der Waals surface area contributed by atoms with Gasteiger partial charge in [-0.2, -0.15) is 0 Å². The Labute approximate surface area is 306 Å². The molecule has 0 fully saturated rings. The number of aliphatic hydroxyl groups excluding tert-OH is 1. The van der Waals surface area contributed by atoms with Crippen LogP contribution >= 0.6 is 0 Å². The van der Waals surface area contributed by atoms with Crippen LogP contribution in [-0.2, 0) is 36.1 Å². The second kappa shape index (κ2) is 51.9. The fourth-order valence-electron chi connectivity index (χ4n) is 4.76. The minimum atomic E-state index is -0.659. The summed E-state index contributed by atoms with van der Waals surface area (Å²) in [6, 6.07) is 0. The van der Waals surface area contributed by atoms with Gasteiger partial charge >= 0.3 is 17.9 Å². The maximum atomic E-state index is 10.2. The van der Waals surface area contributed by atoms with Gasteiger partial charge in [0.15, 0.2) is 0 Å².